The fourth-order valence-corrected chi connectivity index (χ4v) is 9.60. The zero-order valence-corrected chi connectivity index (χ0v) is 31.0. The van der Waals surface area contributed by atoms with Gasteiger partial charge in [-0.05, 0) is 128 Å². The molecule has 0 heterocycles. The smallest absolute Gasteiger partial charge is 0.0158 e. The van der Waals surface area contributed by atoms with E-state index in [1.807, 2.05) is 0 Å². The van der Waals surface area contributed by atoms with Gasteiger partial charge in [-0.1, -0.05) is 190 Å². The maximum absolute atomic E-state index is 2.47. The van der Waals surface area contributed by atoms with Gasteiger partial charge in [0.2, 0.25) is 0 Å². The van der Waals surface area contributed by atoms with E-state index in [9.17, 15) is 0 Å². The largest absolute Gasteiger partial charge is 0.0619 e. The molecule has 0 saturated carbocycles. The molecule has 10 aromatic rings. The van der Waals surface area contributed by atoms with Crippen molar-refractivity contribution in [2.45, 2.75) is 19.3 Å². The van der Waals surface area contributed by atoms with Crippen LogP contribution < -0.4 is 0 Å². The van der Waals surface area contributed by atoms with Gasteiger partial charge >= 0.3 is 0 Å². The Morgan fingerprint density at radius 3 is 1.65 bits per heavy atom. The molecule has 0 N–H and O–H groups in total. The van der Waals surface area contributed by atoms with Crippen molar-refractivity contribution in [2.75, 3.05) is 0 Å². The molecule has 258 valence electrons. The quantitative estimate of drug-likeness (QED) is 0.161. The Balaban J connectivity index is 1.24. The fourth-order valence-electron chi connectivity index (χ4n) is 9.60. The van der Waals surface area contributed by atoms with E-state index in [2.05, 4.69) is 208 Å². The average molecular weight is 699 g/mol. The van der Waals surface area contributed by atoms with E-state index >= 15 is 0 Å². The van der Waals surface area contributed by atoms with Gasteiger partial charge in [-0.2, -0.15) is 0 Å². The summed E-state index contributed by atoms with van der Waals surface area (Å²) >= 11 is 0. The summed E-state index contributed by atoms with van der Waals surface area (Å²) in [5.41, 5.74) is 15.4. The van der Waals surface area contributed by atoms with Crippen LogP contribution in [-0.2, 0) is 5.41 Å². The number of hydrogen-bond donors (Lipinski definition) is 0. The van der Waals surface area contributed by atoms with Crippen LogP contribution in [0.4, 0.5) is 0 Å². The van der Waals surface area contributed by atoms with E-state index < -0.39 is 0 Å². The molecule has 0 aromatic heterocycles. The first-order valence-corrected chi connectivity index (χ1v) is 19.3. The van der Waals surface area contributed by atoms with Crippen molar-refractivity contribution in [3.05, 3.63) is 205 Å². The summed E-state index contributed by atoms with van der Waals surface area (Å²) in [7, 11) is 0. The second-order valence-electron chi connectivity index (χ2n) is 15.6. The monoisotopic (exact) mass is 698 g/mol. The number of benzene rings is 10. The molecule has 0 spiro atoms. The van der Waals surface area contributed by atoms with Gasteiger partial charge in [-0.3, -0.25) is 0 Å². The van der Waals surface area contributed by atoms with Crippen molar-refractivity contribution in [2.24, 2.45) is 0 Å². The number of fused-ring (bicyclic) bond motifs is 7. The van der Waals surface area contributed by atoms with Crippen molar-refractivity contribution < 1.29 is 0 Å². The Bertz CT molecular complexity index is 3170. The highest BCUT2D eigenvalue weighted by molar-refractivity contribution is 6.23. The van der Waals surface area contributed by atoms with Crippen LogP contribution in [0.2, 0.25) is 0 Å². The van der Waals surface area contributed by atoms with Crippen LogP contribution in [0.5, 0.6) is 0 Å². The van der Waals surface area contributed by atoms with Crippen molar-refractivity contribution >= 4 is 43.1 Å². The van der Waals surface area contributed by atoms with Crippen molar-refractivity contribution in [1.82, 2.24) is 0 Å². The lowest BCUT2D eigenvalue weighted by molar-refractivity contribution is 0.660. The molecular weight excluding hydrogens is 661 g/mol. The summed E-state index contributed by atoms with van der Waals surface area (Å²) in [6, 6.07) is 72.4. The Morgan fingerprint density at radius 1 is 0.273 bits per heavy atom. The third kappa shape index (κ3) is 4.85. The maximum atomic E-state index is 2.47. The van der Waals surface area contributed by atoms with Crippen LogP contribution in [-0.4, -0.2) is 0 Å². The minimum absolute atomic E-state index is 0.0486. The first-order valence-electron chi connectivity index (χ1n) is 19.3. The topological polar surface area (TPSA) is 0 Å². The van der Waals surface area contributed by atoms with Gasteiger partial charge in [0.15, 0.2) is 0 Å². The molecule has 0 unspecified atom stereocenters. The second kappa shape index (κ2) is 12.1. The zero-order chi connectivity index (χ0) is 36.7. The molecule has 1 aliphatic carbocycles. The number of hydrogen-bond acceptors (Lipinski definition) is 0. The average Bonchev–Trinajstić information content (AvgIpc) is 3.47. The molecule has 0 nitrogen and oxygen atoms in total. The zero-order valence-electron chi connectivity index (χ0n) is 31.0. The molecule has 55 heavy (non-hydrogen) atoms. The van der Waals surface area contributed by atoms with Crippen LogP contribution in [0.25, 0.3) is 98.7 Å². The van der Waals surface area contributed by atoms with Crippen LogP contribution in [0.15, 0.2) is 194 Å². The minimum atomic E-state index is -0.0486. The third-order valence-electron chi connectivity index (χ3n) is 12.3. The summed E-state index contributed by atoms with van der Waals surface area (Å²) in [6.07, 6.45) is 0. The highest BCUT2D eigenvalue weighted by atomic mass is 14.4. The SMILES string of the molecule is CC1(C)c2ccccc2-c2cc(-c3c4ccccc4c(-c4ccccc4-c4cccc5ccccc45)c4ccc(-c5ccc6ccccc6c5)cc34)ccc21. The van der Waals surface area contributed by atoms with E-state index in [0.29, 0.717) is 0 Å². The van der Waals surface area contributed by atoms with Gasteiger partial charge < -0.3 is 0 Å². The molecule has 0 bridgehead atoms. The van der Waals surface area contributed by atoms with E-state index in [4.69, 9.17) is 0 Å². The molecule has 10 aromatic carbocycles. The summed E-state index contributed by atoms with van der Waals surface area (Å²) in [6.45, 7) is 4.72. The molecular formula is C55H38. The normalized spacial score (nSPS) is 13.1. The predicted molar refractivity (Wildman–Crippen MR) is 236 cm³/mol. The van der Waals surface area contributed by atoms with Gasteiger partial charge in [-0.25, -0.2) is 0 Å². The summed E-state index contributed by atoms with van der Waals surface area (Å²) in [5, 5.41) is 10.1. The molecule has 0 atom stereocenters. The number of rotatable bonds is 4. The lowest BCUT2D eigenvalue weighted by Crippen LogP contribution is -2.14. The van der Waals surface area contributed by atoms with Crippen LogP contribution in [0, 0.1) is 0 Å². The fraction of sp³-hybridized carbons (Fsp3) is 0.0545. The lowest BCUT2D eigenvalue weighted by Gasteiger charge is -2.23. The Labute approximate surface area is 322 Å². The van der Waals surface area contributed by atoms with Gasteiger partial charge in [-0.15, -0.1) is 0 Å². The van der Waals surface area contributed by atoms with Crippen molar-refractivity contribution in [3.8, 4) is 55.6 Å². The second-order valence-corrected chi connectivity index (χ2v) is 15.6. The molecule has 11 rings (SSSR count). The van der Waals surface area contributed by atoms with E-state index in [-0.39, 0.29) is 5.41 Å². The highest BCUT2D eigenvalue weighted by Crippen LogP contribution is 2.52. The third-order valence-corrected chi connectivity index (χ3v) is 12.3. The lowest BCUT2D eigenvalue weighted by atomic mass is 9.80. The Morgan fingerprint density at radius 2 is 0.818 bits per heavy atom. The summed E-state index contributed by atoms with van der Waals surface area (Å²) in [4.78, 5) is 0. The molecule has 0 aliphatic heterocycles. The van der Waals surface area contributed by atoms with Gasteiger partial charge in [0.05, 0.1) is 0 Å². The summed E-state index contributed by atoms with van der Waals surface area (Å²) in [5.74, 6) is 0. The Kier molecular flexibility index (Phi) is 7.00. The predicted octanol–water partition coefficient (Wildman–Crippen LogP) is 15.3. The van der Waals surface area contributed by atoms with Gasteiger partial charge in [0.25, 0.3) is 0 Å². The molecule has 0 saturated heterocycles. The van der Waals surface area contributed by atoms with E-state index in [0.717, 1.165) is 0 Å². The van der Waals surface area contributed by atoms with Crippen LogP contribution in [0.3, 0.4) is 0 Å². The van der Waals surface area contributed by atoms with Crippen LogP contribution in [0.1, 0.15) is 25.0 Å². The van der Waals surface area contributed by atoms with E-state index in [1.54, 1.807) is 0 Å². The van der Waals surface area contributed by atoms with Crippen molar-refractivity contribution in [1.29, 1.82) is 0 Å². The molecule has 0 fully saturated rings. The van der Waals surface area contributed by atoms with Crippen molar-refractivity contribution in [3.63, 3.8) is 0 Å². The van der Waals surface area contributed by atoms with Crippen LogP contribution >= 0.6 is 0 Å². The Hall–Kier alpha value is -6.76. The highest BCUT2D eigenvalue weighted by Gasteiger charge is 2.35. The van der Waals surface area contributed by atoms with E-state index in [1.165, 1.54) is 110 Å². The standard InChI is InChI=1S/C55H38/c1-55(2)51-25-12-11-20-44(51)49-34-40(29-31-52(49)55)53-46-22-9-10-23-47(46)54(45-21-8-7-19-43(45)42-24-13-17-36-15-5-6-18-41(36)42)48-30-28-39(33-50(48)53)38-27-26-35-14-3-4-16-37(35)32-38/h3-34H,1-2H3. The molecule has 1 aliphatic rings. The maximum Gasteiger partial charge on any atom is 0.0158 e. The van der Waals surface area contributed by atoms with Gasteiger partial charge in [0.1, 0.15) is 0 Å². The molecule has 0 heteroatoms. The minimum Gasteiger partial charge on any atom is -0.0619 e. The molecule has 0 amide bonds. The molecule has 0 radical (unpaired) electrons. The first kappa shape index (κ1) is 31.7. The first-order chi connectivity index (χ1) is 27.0. The van der Waals surface area contributed by atoms with Gasteiger partial charge in [0, 0.05) is 5.41 Å². The summed E-state index contributed by atoms with van der Waals surface area (Å²) < 4.78 is 0.